The van der Waals surface area contributed by atoms with Gasteiger partial charge in [-0.1, -0.05) is 0 Å². The molecule has 7 heteroatoms. The standard InChI is InChI=1S/C12H13BrN2O3S/c1-8(11-3-2-6-18-11)15-19(16,17)12-7-9(14)4-5-10(12)13/h2-8,15H,14H2,1H3. The first-order valence-corrected chi connectivity index (χ1v) is 7.78. The molecular weight excluding hydrogens is 332 g/mol. The van der Waals surface area contributed by atoms with E-state index in [1.165, 1.54) is 12.3 Å². The van der Waals surface area contributed by atoms with E-state index in [1.54, 1.807) is 31.2 Å². The van der Waals surface area contributed by atoms with Crippen molar-refractivity contribution >= 4 is 31.6 Å². The molecule has 19 heavy (non-hydrogen) atoms. The molecule has 1 aromatic carbocycles. The third kappa shape index (κ3) is 3.17. The van der Waals surface area contributed by atoms with Crippen molar-refractivity contribution in [1.29, 1.82) is 0 Å². The van der Waals surface area contributed by atoms with E-state index in [2.05, 4.69) is 20.7 Å². The fraction of sp³-hybridized carbons (Fsp3) is 0.167. The van der Waals surface area contributed by atoms with Gasteiger partial charge in [-0.2, -0.15) is 0 Å². The van der Waals surface area contributed by atoms with E-state index in [0.717, 1.165) is 0 Å². The number of furan rings is 1. The first-order chi connectivity index (χ1) is 8.90. The van der Waals surface area contributed by atoms with Gasteiger partial charge in [0.25, 0.3) is 0 Å². The number of nitrogens with one attached hydrogen (secondary N) is 1. The molecule has 1 unspecified atom stereocenters. The lowest BCUT2D eigenvalue weighted by Gasteiger charge is -2.13. The van der Waals surface area contributed by atoms with Gasteiger partial charge in [-0.25, -0.2) is 13.1 Å². The Labute approximate surface area is 120 Å². The number of hydrogen-bond donors (Lipinski definition) is 2. The number of hydrogen-bond acceptors (Lipinski definition) is 4. The molecule has 0 radical (unpaired) electrons. The van der Waals surface area contributed by atoms with Gasteiger partial charge in [0.2, 0.25) is 10.0 Å². The average molecular weight is 345 g/mol. The third-order valence-corrected chi connectivity index (χ3v) is 5.08. The number of nitrogen functional groups attached to an aromatic ring is 1. The van der Waals surface area contributed by atoms with Crippen LogP contribution in [0.4, 0.5) is 5.69 Å². The summed E-state index contributed by atoms with van der Waals surface area (Å²) in [5, 5.41) is 0. The topological polar surface area (TPSA) is 85.3 Å². The van der Waals surface area contributed by atoms with Crippen molar-refractivity contribution in [1.82, 2.24) is 4.72 Å². The summed E-state index contributed by atoms with van der Waals surface area (Å²) in [6.07, 6.45) is 1.50. The highest BCUT2D eigenvalue weighted by molar-refractivity contribution is 9.10. The predicted octanol–water partition coefficient (Wildman–Crippen LogP) is 2.66. The van der Waals surface area contributed by atoms with E-state index in [4.69, 9.17) is 10.2 Å². The van der Waals surface area contributed by atoms with Crippen LogP contribution in [0.5, 0.6) is 0 Å². The normalized spacial score (nSPS) is 13.4. The largest absolute Gasteiger partial charge is 0.468 e. The summed E-state index contributed by atoms with van der Waals surface area (Å²) in [6.45, 7) is 1.70. The fourth-order valence-corrected chi connectivity index (χ4v) is 3.83. The summed E-state index contributed by atoms with van der Waals surface area (Å²) in [6, 6.07) is 7.58. The van der Waals surface area contributed by atoms with Crippen LogP contribution in [-0.4, -0.2) is 8.42 Å². The molecule has 5 nitrogen and oxygen atoms in total. The minimum absolute atomic E-state index is 0.103. The molecule has 102 valence electrons. The highest BCUT2D eigenvalue weighted by Crippen LogP contribution is 2.25. The minimum Gasteiger partial charge on any atom is -0.468 e. The van der Waals surface area contributed by atoms with Crippen LogP contribution >= 0.6 is 15.9 Å². The summed E-state index contributed by atoms with van der Waals surface area (Å²) in [7, 11) is -3.68. The van der Waals surface area contributed by atoms with Gasteiger partial charge >= 0.3 is 0 Å². The summed E-state index contributed by atoms with van der Waals surface area (Å²) >= 11 is 3.21. The molecule has 0 fully saturated rings. The second-order valence-corrected chi connectivity index (χ2v) is 6.58. The Bertz CT molecular complexity index is 668. The maximum Gasteiger partial charge on any atom is 0.242 e. The Hall–Kier alpha value is -1.31. The molecule has 0 aliphatic carbocycles. The number of sulfonamides is 1. The molecule has 0 amide bonds. The van der Waals surface area contributed by atoms with E-state index >= 15 is 0 Å². The second kappa shape index (κ2) is 5.36. The SMILES string of the molecule is CC(NS(=O)(=O)c1cc(N)ccc1Br)c1ccco1. The molecule has 0 saturated heterocycles. The Morgan fingerprint density at radius 2 is 2.11 bits per heavy atom. The Morgan fingerprint density at radius 1 is 1.37 bits per heavy atom. The zero-order valence-corrected chi connectivity index (χ0v) is 12.5. The van der Waals surface area contributed by atoms with Crippen LogP contribution in [-0.2, 0) is 10.0 Å². The molecule has 0 saturated carbocycles. The molecule has 1 aromatic heterocycles. The van der Waals surface area contributed by atoms with Gasteiger partial charge in [0.15, 0.2) is 0 Å². The van der Waals surface area contributed by atoms with Gasteiger partial charge in [-0.15, -0.1) is 0 Å². The molecule has 0 aliphatic heterocycles. The summed E-state index contributed by atoms with van der Waals surface area (Å²) < 4.78 is 32.7. The molecule has 1 atom stereocenters. The average Bonchev–Trinajstić information content (AvgIpc) is 2.85. The van der Waals surface area contributed by atoms with Crippen LogP contribution in [0, 0.1) is 0 Å². The minimum atomic E-state index is -3.68. The van der Waals surface area contributed by atoms with Crippen molar-refractivity contribution in [2.45, 2.75) is 17.9 Å². The molecule has 0 bridgehead atoms. The third-order valence-electron chi connectivity index (χ3n) is 2.55. The van der Waals surface area contributed by atoms with Crippen LogP contribution in [0.25, 0.3) is 0 Å². The van der Waals surface area contributed by atoms with Gasteiger partial charge in [0, 0.05) is 10.2 Å². The van der Waals surface area contributed by atoms with Crippen LogP contribution < -0.4 is 10.5 Å². The number of rotatable bonds is 4. The monoisotopic (exact) mass is 344 g/mol. The van der Waals surface area contributed by atoms with E-state index in [0.29, 0.717) is 15.9 Å². The first kappa shape index (κ1) is 14.1. The van der Waals surface area contributed by atoms with Crippen LogP contribution in [0.2, 0.25) is 0 Å². The maximum atomic E-state index is 12.3. The van der Waals surface area contributed by atoms with E-state index in [-0.39, 0.29) is 4.90 Å². The quantitative estimate of drug-likeness (QED) is 0.835. The molecular formula is C12H13BrN2O3S. The highest BCUT2D eigenvalue weighted by Gasteiger charge is 2.22. The molecule has 2 aromatic rings. The number of nitrogens with two attached hydrogens (primary N) is 1. The number of anilines is 1. The van der Waals surface area contributed by atoms with Gasteiger partial charge in [-0.3, -0.25) is 0 Å². The van der Waals surface area contributed by atoms with Crippen LogP contribution in [0.1, 0.15) is 18.7 Å². The lowest BCUT2D eigenvalue weighted by atomic mass is 10.3. The van der Waals surface area contributed by atoms with Crippen molar-refractivity contribution in [3.63, 3.8) is 0 Å². The van der Waals surface area contributed by atoms with E-state index in [1.807, 2.05) is 0 Å². The van der Waals surface area contributed by atoms with E-state index in [9.17, 15) is 8.42 Å². The molecule has 1 heterocycles. The van der Waals surface area contributed by atoms with Crippen molar-refractivity contribution in [3.8, 4) is 0 Å². The molecule has 0 spiro atoms. The number of halogens is 1. The van der Waals surface area contributed by atoms with Crippen LogP contribution in [0.3, 0.4) is 0 Å². The van der Waals surface area contributed by atoms with Crippen molar-refractivity contribution in [2.75, 3.05) is 5.73 Å². The Kier molecular flexibility index (Phi) is 3.98. The van der Waals surface area contributed by atoms with Gasteiger partial charge in [-0.05, 0) is 53.2 Å². The summed E-state index contributed by atoms with van der Waals surface area (Å²) in [5.41, 5.74) is 6.00. The molecule has 0 aliphatic rings. The molecule has 2 rings (SSSR count). The highest BCUT2D eigenvalue weighted by atomic mass is 79.9. The Morgan fingerprint density at radius 3 is 2.74 bits per heavy atom. The second-order valence-electron chi connectivity index (χ2n) is 4.05. The predicted molar refractivity (Wildman–Crippen MR) is 76.0 cm³/mol. The maximum absolute atomic E-state index is 12.3. The fourth-order valence-electron chi connectivity index (χ4n) is 1.62. The Balaban J connectivity index is 2.30. The summed E-state index contributed by atoms with van der Waals surface area (Å²) in [5.74, 6) is 0.545. The van der Waals surface area contributed by atoms with Crippen molar-refractivity contribution < 1.29 is 12.8 Å². The van der Waals surface area contributed by atoms with Gasteiger partial charge < -0.3 is 10.2 Å². The van der Waals surface area contributed by atoms with Gasteiger partial charge in [0.1, 0.15) is 5.76 Å². The lowest BCUT2D eigenvalue weighted by molar-refractivity contribution is 0.459. The zero-order valence-electron chi connectivity index (χ0n) is 10.1. The van der Waals surface area contributed by atoms with Crippen molar-refractivity contribution in [3.05, 3.63) is 46.8 Å². The van der Waals surface area contributed by atoms with Gasteiger partial charge in [0.05, 0.1) is 17.2 Å². The zero-order chi connectivity index (χ0) is 14.0. The summed E-state index contributed by atoms with van der Waals surface area (Å²) in [4.78, 5) is 0.103. The molecule has 3 N–H and O–H groups in total. The number of benzene rings is 1. The first-order valence-electron chi connectivity index (χ1n) is 5.51. The van der Waals surface area contributed by atoms with Crippen LogP contribution in [0.15, 0.2) is 50.4 Å². The van der Waals surface area contributed by atoms with E-state index < -0.39 is 16.1 Å². The van der Waals surface area contributed by atoms with Crippen molar-refractivity contribution in [2.24, 2.45) is 0 Å². The lowest BCUT2D eigenvalue weighted by Crippen LogP contribution is -2.27. The smallest absolute Gasteiger partial charge is 0.242 e.